The van der Waals surface area contributed by atoms with Gasteiger partial charge < -0.3 is 9.47 Å². The van der Waals surface area contributed by atoms with Crippen LogP contribution >= 0.6 is 0 Å². The van der Waals surface area contributed by atoms with Crippen molar-refractivity contribution in [2.24, 2.45) is 0 Å². The normalized spacial score (nSPS) is 12.8. The first-order valence-electron chi connectivity index (χ1n) is 8.69. The zero-order valence-electron chi connectivity index (χ0n) is 15.5. The molecule has 2 aromatic rings. The number of ether oxygens (including phenoxy) is 2. The number of hydrogen-bond donors (Lipinski definition) is 0. The summed E-state index contributed by atoms with van der Waals surface area (Å²) in [6.45, 7) is 11.3. The van der Waals surface area contributed by atoms with E-state index in [0.29, 0.717) is 33.8 Å². The minimum atomic E-state index is -0.253. The van der Waals surface area contributed by atoms with Crippen LogP contribution in [0, 0.1) is 0 Å². The zero-order chi connectivity index (χ0) is 19.0. The van der Waals surface area contributed by atoms with E-state index in [1.165, 1.54) is 0 Å². The minimum Gasteiger partial charge on any atom is -0.490 e. The zero-order valence-corrected chi connectivity index (χ0v) is 15.5. The molecule has 0 saturated carbocycles. The number of carbonyl (C=O) groups excluding carboxylic acids is 2. The van der Waals surface area contributed by atoms with Gasteiger partial charge in [0, 0.05) is 11.1 Å². The van der Waals surface area contributed by atoms with Gasteiger partial charge in [-0.1, -0.05) is 24.8 Å². The van der Waals surface area contributed by atoms with Gasteiger partial charge in [-0.25, -0.2) is 0 Å². The molecule has 0 unspecified atom stereocenters. The summed E-state index contributed by atoms with van der Waals surface area (Å²) in [5.74, 6) is 0.360. The second kappa shape index (κ2) is 6.79. The van der Waals surface area contributed by atoms with Crippen molar-refractivity contribution < 1.29 is 19.1 Å². The Morgan fingerprint density at radius 2 is 1.46 bits per heavy atom. The van der Waals surface area contributed by atoms with E-state index in [1.54, 1.807) is 36.4 Å². The molecule has 0 atom stereocenters. The van der Waals surface area contributed by atoms with E-state index >= 15 is 0 Å². The van der Waals surface area contributed by atoms with Crippen LogP contribution in [0.3, 0.4) is 0 Å². The topological polar surface area (TPSA) is 52.6 Å². The van der Waals surface area contributed by atoms with Crippen molar-refractivity contribution >= 4 is 17.6 Å². The molecular formula is C22H22O4. The molecule has 2 aromatic carbocycles. The largest absolute Gasteiger partial charge is 0.490 e. The van der Waals surface area contributed by atoms with Crippen LogP contribution in [-0.4, -0.2) is 23.8 Å². The highest BCUT2D eigenvalue weighted by Gasteiger charge is 2.35. The molecule has 3 rings (SSSR count). The lowest BCUT2D eigenvalue weighted by atomic mass is 9.82. The van der Waals surface area contributed by atoms with Gasteiger partial charge in [-0.3, -0.25) is 9.59 Å². The van der Waals surface area contributed by atoms with Crippen LogP contribution in [0.1, 0.15) is 65.1 Å². The number of hydrogen-bond acceptors (Lipinski definition) is 4. The van der Waals surface area contributed by atoms with Crippen LogP contribution < -0.4 is 9.47 Å². The van der Waals surface area contributed by atoms with Crippen LogP contribution in [-0.2, 0) is 0 Å². The number of benzene rings is 2. The van der Waals surface area contributed by atoms with E-state index < -0.39 is 0 Å². The Morgan fingerprint density at radius 1 is 0.846 bits per heavy atom. The summed E-state index contributed by atoms with van der Waals surface area (Å²) in [5, 5.41) is 0. The average molecular weight is 350 g/mol. The molecule has 1 aliphatic carbocycles. The lowest BCUT2D eigenvalue weighted by molar-refractivity contribution is 0.0968. The summed E-state index contributed by atoms with van der Waals surface area (Å²) in [4.78, 5) is 26.4. The van der Waals surface area contributed by atoms with E-state index in [-0.39, 0.29) is 23.8 Å². The van der Waals surface area contributed by atoms with E-state index in [4.69, 9.17) is 9.47 Å². The van der Waals surface area contributed by atoms with Crippen LogP contribution in [0.4, 0.5) is 0 Å². The molecule has 0 radical (unpaired) electrons. The van der Waals surface area contributed by atoms with Gasteiger partial charge >= 0.3 is 0 Å². The van der Waals surface area contributed by atoms with Crippen molar-refractivity contribution in [2.75, 3.05) is 0 Å². The molecule has 26 heavy (non-hydrogen) atoms. The van der Waals surface area contributed by atoms with Crippen molar-refractivity contribution in [2.45, 2.75) is 39.9 Å². The first kappa shape index (κ1) is 17.9. The number of carbonyl (C=O) groups is 2. The Kier molecular flexibility index (Phi) is 4.68. The van der Waals surface area contributed by atoms with E-state index in [2.05, 4.69) is 6.58 Å². The molecular weight excluding hydrogens is 328 g/mol. The minimum absolute atomic E-state index is 0.111. The van der Waals surface area contributed by atoms with Gasteiger partial charge in [0.15, 0.2) is 5.78 Å². The fourth-order valence-corrected chi connectivity index (χ4v) is 3.09. The Morgan fingerprint density at radius 3 is 2.08 bits per heavy atom. The fourth-order valence-electron chi connectivity index (χ4n) is 3.09. The third-order valence-electron chi connectivity index (χ3n) is 4.06. The monoisotopic (exact) mass is 350 g/mol. The van der Waals surface area contributed by atoms with Gasteiger partial charge in [-0.15, -0.1) is 0 Å². The lowest BCUT2D eigenvalue weighted by Gasteiger charge is -2.24. The highest BCUT2D eigenvalue weighted by molar-refractivity contribution is 6.30. The summed E-state index contributed by atoms with van der Waals surface area (Å²) in [6, 6.07) is 8.55. The highest BCUT2D eigenvalue weighted by atomic mass is 16.5. The van der Waals surface area contributed by atoms with Gasteiger partial charge in [0.25, 0.3) is 0 Å². The van der Waals surface area contributed by atoms with Crippen molar-refractivity contribution in [1.29, 1.82) is 0 Å². The fraction of sp³-hybridized carbons (Fsp3) is 0.273. The highest BCUT2D eigenvalue weighted by Crippen LogP contribution is 2.38. The maximum Gasteiger partial charge on any atom is 0.201 e. The Balaban J connectivity index is 2.26. The summed E-state index contributed by atoms with van der Waals surface area (Å²) >= 11 is 0. The van der Waals surface area contributed by atoms with Crippen molar-refractivity contribution in [1.82, 2.24) is 0 Å². The first-order chi connectivity index (χ1) is 12.3. The van der Waals surface area contributed by atoms with Crippen molar-refractivity contribution in [3.63, 3.8) is 0 Å². The summed E-state index contributed by atoms with van der Waals surface area (Å²) in [7, 11) is 0. The van der Waals surface area contributed by atoms with Gasteiger partial charge in [0.2, 0.25) is 5.78 Å². The Bertz CT molecular complexity index is 907. The predicted molar refractivity (Wildman–Crippen MR) is 101 cm³/mol. The molecule has 134 valence electrons. The molecule has 0 saturated heterocycles. The second-order valence-electron chi connectivity index (χ2n) is 6.82. The molecule has 0 aromatic heterocycles. The number of ketones is 2. The molecule has 4 nitrogen and oxygen atoms in total. The third-order valence-corrected chi connectivity index (χ3v) is 4.06. The molecule has 0 aliphatic heterocycles. The molecule has 0 spiro atoms. The summed E-state index contributed by atoms with van der Waals surface area (Å²) < 4.78 is 11.6. The van der Waals surface area contributed by atoms with E-state index in [0.717, 1.165) is 5.56 Å². The molecule has 0 N–H and O–H groups in total. The maximum atomic E-state index is 13.3. The van der Waals surface area contributed by atoms with Crippen molar-refractivity contribution in [3.8, 4) is 11.5 Å². The maximum absolute atomic E-state index is 13.3. The van der Waals surface area contributed by atoms with Crippen LogP contribution in [0.5, 0.6) is 11.5 Å². The molecule has 1 aliphatic rings. The SMILES string of the molecule is C=Cc1cc(OC(C)C)c2c(c1)C(=O)c1cccc(OC(C)C)c1C2=O. The summed E-state index contributed by atoms with van der Waals surface area (Å²) in [5.41, 5.74) is 2.04. The third kappa shape index (κ3) is 3.03. The number of rotatable bonds is 5. The van der Waals surface area contributed by atoms with E-state index in [1.807, 2.05) is 27.7 Å². The molecule has 0 fully saturated rings. The van der Waals surface area contributed by atoms with Crippen LogP contribution in [0.25, 0.3) is 6.08 Å². The Labute approximate surface area is 153 Å². The standard InChI is InChI=1S/C22H22O4/c1-6-14-10-16-20(18(11-14)26-13(4)5)22(24)19-15(21(16)23)8-7-9-17(19)25-12(2)3/h6-13H,1H2,2-5H3. The molecule has 0 bridgehead atoms. The average Bonchev–Trinajstić information content (AvgIpc) is 2.57. The van der Waals surface area contributed by atoms with Gasteiger partial charge in [0.05, 0.1) is 23.3 Å². The predicted octanol–water partition coefficient (Wildman–Crippen LogP) is 4.68. The van der Waals surface area contributed by atoms with Crippen molar-refractivity contribution in [3.05, 3.63) is 64.7 Å². The lowest BCUT2D eigenvalue weighted by Crippen LogP contribution is -2.24. The quantitative estimate of drug-likeness (QED) is 0.670. The first-order valence-corrected chi connectivity index (χ1v) is 8.69. The molecule has 0 amide bonds. The smallest absolute Gasteiger partial charge is 0.201 e. The van der Waals surface area contributed by atoms with Crippen LogP contribution in [0.2, 0.25) is 0 Å². The Hall–Kier alpha value is -2.88. The summed E-state index contributed by atoms with van der Waals surface area (Å²) in [6.07, 6.45) is 1.39. The number of fused-ring (bicyclic) bond motifs is 2. The van der Waals surface area contributed by atoms with Gasteiger partial charge in [-0.05, 0) is 51.5 Å². The van der Waals surface area contributed by atoms with Crippen LogP contribution in [0.15, 0.2) is 36.9 Å². The molecule has 4 heteroatoms. The van der Waals surface area contributed by atoms with Gasteiger partial charge in [-0.2, -0.15) is 0 Å². The van der Waals surface area contributed by atoms with Gasteiger partial charge in [0.1, 0.15) is 11.5 Å². The van der Waals surface area contributed by atoms with E-state index in [9.17, 15) is 9.59 Å². The molecule has 0 heterocycles. The second-order valence-corrected chi connectivity index (χ2v) is 6.82.